The fourth-order valence-corrected chi connectivity index (χ4v) is 5.37. The number of sulfonamides is 1. The first-order valence-corrected chi connectivity index (χ1v) is 10.1. The van der Waals surface area contributed by atoms with Crippen LogP contribution in [0.4, 0.5) is 0 Å². The first-order valence-electron chi connectivity index (χ1n) is 8.28. The van der Waals surface area contributed by atoms with Crippen molar-refractivity contribution in [3.63, 3.8) is 0 Å². The predicted octanol–water partition coefficient (Wildman–Crippen LogP) is 2.71. The molecule has 140 valence electrons. The minimum atomic E-state index is -3.84. The minimum absolute atomic E-state index is 0.0883. The van der Waals surface area contributed by atoms with Gasteiger partial charge in [0.2, 0.25) is 10.0 Å². The van der Waals surface area contributed by atoms with E-state index in [4.69, 9.17) is 11.6 Å². The lowest BCUT2D eigenvalue weighted by Gasteiger charge is -2.36. The van der Waals surface area contributed by atoms with Gasteiger partial charge in [0.05, 0.1) is 23.5 Å². The SMILES string of the molecule is Cc1c(S(=O)(=O)N2CCC[C@@H](C(=O)O)[C@H]2C)cnn1-c1ccc(Cl)cc1. The Morgan fingerprint density at radius 3 is 2.58 bits per heavy atom. The molecule has 0 saturated carbocycles. The number of benzene rings is 1. The van der Waals surface area contributed by atoms with Gasteiger partial charge in [-0.1, -0.05) is 11.6 Å². The van der Waals surface area contributed by atoms with Gasteiger partial charge in [-0.2, -0.15) is 9.40 Å². The molecule has 7 nitrogen and oxygen atoms in total. The van der Waals surface area contributed by atoms with Gasteiger partial charge in [-0.3, -0.25) is 4.79 Å². The van der Waals surface area contributed by atoms with Gasteiger partial charge in [-0.05, 0) is 51.0 Å². The summed E-state index contributed by atoms with van der Waals surface area (Å²) < 4.78 is 29.1. The molecule has 1 N–H and O–H groups in total. The van der Waals surface area contributed by atoms with Gasteiger partial charge >= 0.3 is 5.97 Å². The van der Waals surface area contributed by atoms with E-state index in [9.17, 15) is 18.3 Å². The molecule has 1 aromatic heterocycles. The van der Waals surface area contributed by atoms with E-state index in [0.29, 0.717) is 35.8 Å². The summed E-state index contributed by atoms with van der Waals surface area (Å²) in [4.78, 5) is 11.5. The molecule has 0 spiro atoms. The zero-order chi connectivity index (χ0) is 19.1. The molecule has 26 heavy (non-hydrogen) atoms. The molecule has 1 fully saturated rings. The molecule has 2 atom stereocenters. The number of hydrogen-bond acceptors (Lipinski definition) is 4. The van der Waals surface area contributed by atoms with Crippen molar-refractivity contribution in [1.29, 1.82) is 0 Å². The average molecular weight is 398 g/mol. The Hall–Kier alpha value is -1.90. The van der Waals surface area contributed by atoms with Crippen molar-refractivity contribution in [3.8, 4) is 5.69 Å². The summed E-state index contributed by atoms with van der Waals surface area (Å²) in [6, 6.07) is 6.31. The van der Waals surface area contributed by atoms with Gasteiger partial charge in [-0.15, -0.1) is 0 Å². The van der Waals surface area contributed by atoms with Gasteiger partial charge in [0.15, 0.2) is 0 Å². The summed E-state index contributed by atoms with van der Waals surface area (Å²) >= 11 is 5.89. The summed E-state index contributed by atoms with van der Waals surface area (Å²) in [6.07, 6.45) is 2.31. The molecule has 3 rings (SSSR count). The molecule has 1 aliphatic heterocycles. The normalized spacial score (nSPS) is 21.7. The van der Waals surface area contributed by atoms with E-state index in [1.54, 1.807) is 38.1 Å². The summed E-state index contributed by atoms with van der Waals surface area (Å²) in [6.45, 7) is 3.63. The number of piperidine rings is 1. The van der Waals surface area contributed by atoms with E-state index >= 15 is 0 Å². The second kappa shape index (κ2) is 7.02. The molecule has 1 aromatic carbocycles. The third-order valence-corrected chi connectivity index (χ3v) is 7.21. The summed E-state index contributed by atoms with van der Waals surface area (Å²) in [7, 11) is -3.84. The maximum Gasteiger partial charge on any atom is 0.308 e. The highest BCUT2D eigenvalue weighted by Crippen LogP contribution is 2.31. The van der Waals surface area contributed by atoms with E-state index in [2.05, 4.69) is 5.10 Å². The first-order chi connectivity index (χ1) is 12.2. The number of aromatic nitrogens is 2. The zero-order valence-electron chi connectivity index (χ0n) is 14.5. The van der Waals surface area contributed by atoms with Crippen LogP contribution in [0.2, 0.25) is 5.02 Å². The number of carbonyl (C=O) groups is 1. The molecule has 0 unspecified atom stereocenters. The van der Waals surface area contributed by atoms with E-state index in [-0.39, 0.29) is 4.90 Å². The number of nitrogens with zero attached hydrogens (tertiary/aromatic N) is 3. The van der Waals surface area contributed by atoms with Crippen LogP contribution < -0.4 is 0 Å². The van der Waals surface area contributed by atoms with Gasteiger partial charge in [0.25, 0.3) is 0 Å². The molecule has 0 aliphatic carbocycles. The molecule has 0 bridgehead atoms. The third-order valence-electron chi connectivity index (χ3n) is 4.87. The fraction of sp³-hybridized carbons (Fsp3) is 0.412. The van der Waals surface area contributed by atoms with E-state index < -0.39 is 28.0 Å². The Morgan fingerprint density at radius 1 is 1.31 bits per heavy atom. The van der Waals surface area contributed by atoms with Crippen LogP contribution in [0.15, 0.2) is 35.4 Å². The van der Waals surface area contributed by atoms with E-state index in [1.807, 2.05) is 0 Å². The lowest BCUT2D eigenvalue weighted by Crippen LogP contribution is -2.49. The standard InChI is InChI=1S/C17H20ClN3O4S/c1-11-15(17(22)23)4-3-9-20(11)26(24,25)16-10-19-21(12(16)2)14-7-5-13(18)6-8-14/h5-8,10-11,15H,3-4,9H2,1-2H3,(H,22,23)/t11-,15-/m1/s1. The van der Waals surface area contributed by atoms with Crippen LogP contribution in [0.3, 0.4) is 0 Å². The molecule has 1 saturated heterocycles. The summed E-state index contributed by atoms with van der Waals surface area (Å²) in [5, 5.41) is 14.1. The molecule has 2 aromatic rings. The van der Waals surface area contributed by atoms with Gasteiger partial charge in [0, 0.05) is 17.6 Å². The van der Waals surface area contributed by atoms with Crippen LogP contribution in [0.25, 0.3) is 5.69 Å². The van der Waals surface area contributed by atoms with Crippen molar-refractivity contribution < 1.29 is 18.3 Å². The number of hydrogen-bond donors (Lipinski definition) is 1. The Labute approximate surface area is 157 Å². The van der Waals surface area contributed by atoms with Crippen molar-refractivity contribution in [2.45, 2.75) is 37.6 Å². The molecule has 0 radical (unpaired) electrons. The molecule has 1 aliphatic rings. The van der Waals surface area contributed by atoms with Gasteiger partial charge < -0.3 is 5.11 Å². The zero-order valence-corrected chi connectivity index (χ0v) is 16.0. The highest BCUT2D eigenvalue weighted by molar-refractivity contribution is 7.89. The number of carboxylic acid groups (broad SMARTS) is 1. The topological polar surface area (TPSA) is 92.5 Å². The molecule has 9 heteroatoms. The van der Waals surface area contributed by atoms with Crippen LogP contribution in [-0.2, 0) is 14.8 Å². The van der Waals surface area contributed by atoms with Crippen molar-refractivity contribution in [2.24, 2.45) is 5.92 Å². The summed E-state index contributed by atoms with van der Waals surface area (Å²) in [5.74, 6) is -1.67. The maximum atomic E-state index is 13.1. The molecule has 0 amide bonds. The van der Waals surface area contributed by atoms with Crippen LogP contribution >= 0.6 is 11.6 Å². The smallest absolute Gasteiger partial charge is 0.308 e. The Bertz CT molecular complexity index is 924. The quantitative estimate of drug-likeness (QED) is 0.856. The number of carboxylic acids is 1. The number of rotatable bonds is 4. The van der Waals surface area contributed by atoms with E-state index in [1.165, 1.54) is 15.2 Å². The monoisotopic (exact) mass is 397 g/mol. The largest absolute Gasteiger partial charge is 0.481 e. The maximum absolute atomic E-state index is 13.1. The number of aliphatic carboxylic acids is 1. The third kappa shape index (κ3) is 3.24. The fourth-order valence-electron chi connectivity index (χ4n) is 3.40. The Morgan fingerprint density at radius 2 is 1.96 bits per heavy atom. The van der Waals surface area contributed by atoms with E-state index in [0.717, 1.165) is 0 Å². The van der Waals surface area contributed by atoms with Gasteiger partial charge in [0.1, 0.15) is 4.90 Å². The van der Waals surface area contributed by atoms with Crippen molar-refractivity contribution >= 4 is 27.6 Å². The lowest BCUT2D eigenvalue weighted by atomic mass is 9.92. The Kier molecular flexibility index (Phi) is 5.09. The van der Waals surface area contributed by atoms with Crippen LogP contribution in [0.5, 0.6) is 0 Å². The summed E-state index contributed by atoms with van der Waals surface area (Å²) in [5.41, 5.74) is 1.17. The molecular formula is C17H20ClN3O4S. The Balaban J connectivity index is 1.98. The average Bonchev–Trinajstić information content (AvgIpc) is 2.97. The highest BCUT2D eigenvalue weighted by Gasteiger charge is 2.40. The minimum Gasteiger partial charge on any atom is -0.481 e. The molecular weight excluding hydrogens is 378 g/mol. The van der Waals surface area contributed by atoms with Crippen molar-refractivity contribution in [2.75, 3.05) is 6.54 Å². The van der Waals surface area contributed by atoms with Crippen LogP contribution in [0, 0.1) is 12.8 Å². The second-order valence-electron chi connectivity index (χ2n) is 6.43. The van der Waals surface area contributed by atoms with Crippen molar-refractivity contribution in [3.05, 3.63) is 41.2 Å². The van der Waals surface area contributed by atoms with Crippen LogP contribution in [0.1, 0.15) is 25.5 Å². The lowest BCUT2D eigenvalue weighted by molar-refractivity contribution is -0.144. The van der Waals surface area contributed by atoms with Crippen LogP contribution in [-0.4, -0.2) is 46.2 Å². The first kappa shape index (κ1) is 18.9. The van der Waals surface area contributed by atoms with Crippen molar-refractivity contribution in [1.82, 2.24) is 14.1 Å². The second-order valence-corrected chi connectivity index (χ2v) is 8.72. The molecule has 2 heterocycles. The highest BCUT2D eigenvalue weighted by atomic mass is 35.5. The van der Waals surface area contributed by atoms with Gasteiger partial charge in [-0.25, -0.2) is 13.1 Å². The predicted molar refractivity (Wildman–Crippen MR) is 97.0 cm³/mol. The number of halogens is 1.